The van der Waals surface area contributed by atoms with Crippen LogP contribution in [0.4, 0.5) is 0 Å². The van der Waals surface area contributed by atoms with E-state index in [-0.39, 0.29) is 5.69 Å². The van der Waals surface area contributed by atoms with Crippen LogP contribution in [0.25, 0.3) is 0 Å². The summed E-state index contributed by atoms with van der Waals surface area (Å²) in [6, 6.07) is 9.94. The van der Waals surface area contributed by atoms with E-state index in [4.69, 9.17) is 0 Å². The molecule has 1 N–H and O–H groups in total. The Morgan fingerprint density at radius 2 is 1.90 bits per heavy atom. The van der Waals surface area contributed by atoms with Crippen molar-refractivity contribution >= 4 is 17.3 Å². The van der Waals surface area contributed by atoms with Crippen LogP contribution in [0.3, 0.4) is 0 Å². The van der Waals surface area contributed by atoms with E-state index in [9.17, 15) is 9.90 Å². The number of benzene rings is 1. The molecule has 0 amide bonds. The van der Waals surface area contributed by atoms with Gasteiger partial charge >= 0.3 is 5.97 Å². The van der Waals surface area contributed by atoms with Gasteiger partial charge in [-0.2, -0.15) is 0 Å². The van der Waals surface area contributed by atoms with Crippen LogP contribution in [0.15, 0.2) is 30.3 Å². The Hall–Kier alpha value is -1.68. The van der Waals surface area contributed by atoms with E-state index >= 15 is 0 Å². The SMILES string of the molecule is CCC(CC)c1nc(C(=O)O)c(Cc2ccccc2)s1. The molecule has 3 nitrogen and oxygen atoms in total. The predicted molar refractivity (Wildman–Crippen MR) is 81.6 cm³/mol. The van der Waals surface area contributed by atoms with Gasteiger partial charge in [-0.3, -0.25) is 0 Å². The van der Waals surface area contributed by atoms with E-state index in [2.05, 4.69) is 18.8 Å². The minimum Gasteiger partial charge on any atom is -0.476 e. The Kier molecular flexibility index (Phi) is 4.90. The molecule has 0 fully saturated rings. The molecule has 0 bridgehead atoms. The predicted octanol–water partition coefficient (Wildman–Crippen LogP) is 4.34. The van der Waals surface area contributed by atoms with Gasteiger partial charge in [0.25, 0.3) is 0 Å². The Labute approximate surface area is 123 Å². The molecule has 0 aliphatic carbocycles. The van der Waals surface area contributed by atoms with Gasteiger partial charge in [-0.15, -0.1) is 11.3 Å². The highest BCUT2D eigenvalue weighted by Gasteiger charge is 2.21. The number of hydrogen-bond donors (Lipinski definition) is 1. The molecular weight excluding hydrogens is 270 g/mol. The Bertz CT molecular complexity index is 573. The number of aromatic carboxylic acids is 1. The second kappa shape index (κ2) is 6.66. The van der Waals surface area contributed by atoms with Gasteiger partial charge in [0.15, 0.2) is 5.69 Å². The van der Waals surface area contributed by atoms with Crippen molar-refractivity contribution in [3.8, 4) is 0 Å². The third-order valence-corrected chi connectivity index (χ3v) is 4.68. The zero-order chi connectivity index (χ0) is 14.5. The second-order valence-electron chi connectivity index (χ2n) is 4.80. The number of carboxylic acids is 1. The van der Waals surface area contributed by atoms with Crippen molar-refractivity contribution in [2.75, 3.05) is 0 Å². The van der Waals surface area contributed by atoms with Crippen LogP contribution in [0.1, 0.15) is 58.5 Å². The number of rotatable bonds is 6. The van der Waals surface area contributed by atoms with Crippen molar-refractivity contribution in [1.82, 2.24) is 4.98 Å². The molecule has 20 heavy (non-hydrogen) atoms. The maximum Gasteiger partial charge on any atom is 0.355 e. The molecule has 2 rings (SSSR count). The molecule has 0 aliphatic heterocycles. The first kappa shape index (κ1) is 14.7. The minimum atomic E-state index is -0.926. The lowest BCUT2D eigenvalue weighted by atomic mass is 10.1. The highest BCUT2D eigenvalue weighted by atomic mass is 32.1. The second-order valence-corrected chi connectivity index (χ2v) is 5.92. The van der Waals surface area contributed by atoms with E-state index in [1.54, 1.807) is 11.3 Å². The average molecular weight is 289 g/mol. The molecule has 106 valence electrons. The normalized spacial score (nSPS) is 10.9. The molecule has 0 aliphatic rings. The summed E-state index contributed by atoms with van der Waals surface area (Å²) >= 11 is 1.55. The van der Waals surface area contributed by atoms with Crippen LogP contribution >= 0.6 is 11.3 Å². The molecule has 0 spiro atoms. The van der Waals surface area contributed by atoms with Crippen molar-refractivity contribution in [2.24, 2.45) is 0 Å². The van der Waals surface area contributed by atoms with Gasteiger partial charge in [0.05, 0.1) is 5.01 Å². The van der Waals surface area contributed by atoms with Gasteiger partial charge < -0.3 is 5.11 Å². The molecule has 0 radical (unpaired) electrons. The summed E-state index contributed by atoms with van der Waals surface area (Å²) < 4.78 is 0. The molecule has 0 saturated carbocycles. The highest BCUT2D eigenvalue weighted by molar-refractivity contribution is 7.12. The average Bonchev–Trinajstić information content (AvgIpc) is 2.85. The van der Waals surface area contributed by atoms with Gasteiger partial charge in [0, 0.05) is 17.2 Å². The summed E-state index contributed by atoms with van der Waals surface area (Å²) in [4.78, 5) is 16.6. The first-order chi connectivity index (χ1) is 9.65. The van der Waals surface area contributed by atoms with Crippen LogP contribution in [-0.2, 0) is 6.42 Å². The topological polar surface area (TPSA) is 50.2 Å². The molecular formula is C16H19NO2S. The largest absolute Gasteiger partial charge is 0.476 e. The van der Waals surface area contributed by atoms with E-state index in [1.807, 2.05) is 30.3 Å². The highest BCUT2D eigenvalue weighted by Crippen LogP contribution is 2.31. The van der Waals surface area contributed by atoms with Crippen molar-refractivity contribution in [3.05, 3.63) is 51.5 Å². The fourth-order valence-electron chi connectivity index (χ4n) is 2.25. The van der Waals surface area contributed by atoms with E-state index in [0.717, 1.165) is 28.3 Å². The standard InChI is InChI=1S/C16H19NO2S/c1-3-12(4-2)15-17-14(16(18)19)13(20-15)10-11-8-6-5-7-9-11/h5-9,12H,3-4,10H2,1-2H3,(H,18,19). The van der Waals surface area contributed by atoms with Crippen molar-refractivity contribution in [2.45, 2.75) is 39.0 Å². The third kappa shape index (κ3) is 3.25. The molecule has 1 aromatic carbocycles. The van der Waals surface area contributed by atoms with Crippen LogP contribution < -0.4 is 0 Å². The molecule has 0 saturated heterocycles. The molecule has 0 unspecified atom stereocenters. The number of thiazole rings is 1. The maximum absolute atomic E-state index is 11.4. The van der Waals surface area contributed by atoms with Crippen molar-refractivity contribution in [3.63, 3.8) is 0 Å². The van der Waals surface area contributed by atoms with Crippen LogP contribution in [0.5, 0.6) is 0 Å². The number of carbonyl (C=O) groups is 1. The lowest BCUT2D eigenvalue weighted by Gasteiger charge is -2.06. The van der Waals surface area contributed by atoms with Gasteiger partial charge in [-0.25, -0.2) is 9.78 Å². The fourth-order valence-corrected chi connectivity index (χ4v) is 3.61. The lowest BCUT2D eigenvalue weighted by Crippen LogP contribution is -2.02. The summed E-state index contributed by atoms with van der Waals surface area (Å²) in [7, 11) is 0. The lowest BCUT2D eigenvalue weighted by molar-refractivity contribution is 0.0690. The first-order valence-electron chi connectivity index (χ1n) is 6.92. The molecule has 0 atom stereocenters. The molecule has 1 aromatic heterocycles. The van der Waals surface area contributed by atoms with E-state index in [0.29, 0.717) is 12.3 Å². The van der Waals surface area contributed by atoms with Crippen molar-refractivity contribution < 1.29 is 9.90 Å². The number of aromatic nitrogens is 1. The summed E-state index contributed by atoms with van der Waals surface area (Å²) in [6.07, 6.45) is 2.63. The minimum absolute atomic E-state index is 0.223. The maximum atomic E-state index is 11.4. The molecule has 4 heteroatoms. The quantitative estimate of drug-likeness (QED) is 0.860. The summed E-state index contributed by atoms with van der Waals surface area (Å²) in [5.74, 6) is -0.563. The third-order valence-electron chi connectivity index (χ3n) is 3.46. The van der Waals surface area contributed by atoms with Crippen LogP contribution in [-0.4, -0.2) is 16.1 Å². The zero-order valence-corrected chi connectivity index (χ0v) is 12.6. The van der Waals surface area contributed by atoms with Gasteiger partial charge in [-0.05, 0) is 18.4 Å². The Balaban J connectivity index is 2.33. The van der Waals surface area contributed by atoms with Crippen LogP contribution in [0, 0.1) is 0 Å². The van der Waals surface area contributed by atoms with Gasteiger partial charge in [-0.1, -0.05) is 44.2 Å². The Morgan fingerprint density at radius 3 is 2.45 bits per heavy atom. The Morgan fingerprint density at radius 1 is 1.25 bits per heavy atom. The van der Waals surface area contributed by atoms with Gasteiger partial charge in [0.2, 0.25) is 0 Å². The summed E-state index contributed by atoms with van der Waals surface area (Å²) in [5, 5.41) is 10.3. The van der Waals surface area contributed by atoms with Crippen molar-refractivity contribution in [1.29, 1.82) is 0 Å². The van der Waals surface area contributed by atoms with E-state index in [1.165, 1.54) is 0 Å². The molecule has 1 heterocycles. The zero-order valence-electron chi connectivity index (χ0n) is 11.8. The van der Waals surface area contributed by atoms with Gasteiger partial charge in [0.1, 0.15) is 0 Å². The summed E-state index contributed by atoms with van der Waals surface area (Å²) in [5.41, 5.74) is 1.34. The first-order valence-corrected chi connectivity index (χ1v) is 7.74. The number of nitrogens with zero attached hydrogens (tertiary/aromatic N) is 1. The summed E-state index contributed by atoms with van der Waals surface area (Å²) in [6.45, 7) is 4.24. The molecule has 2 aromatic rings. The van der Waals surface area contributed by atoms with Crippen LogP contribution in [0.2, 0.25) is 0 Å². The number of carboxylic acid groups (broad SMARTS) is 1. The van der Waals surface area contributed by atoms with E-state index < -0.39 is 5.97 Å². The monoisotopic (exact) mass is 289 g/mol. The number of hydrogen-bond acceptors (Lipinski definition) is 3. The fraction of sp³-hybridized carbons (Fsp3) is 0.375. The smallest absolute Gasteiger partial charge is 0.355 e.